The molecule has 0 aromatic heterocycles. The van der Waals surface area contributed by atoms with E-state index in [1.807, 2.05) is 0 Å². The number of benzene rings is 1. The normalized spacial score (nSPS) is 18.3. The standard InChI is InChI=1S/C14H15Cl2NO4/c15-9-4-5-10(16)13(12(9)14(19)20)17-11(18)7-8-3-1-2-6-21-8/h4-5,8H,1-3,6-7H2,(H,17,18)(H,19,20). The van der Waals surface area contributed by atoms with Crippen molar-refractivity contribution in [2.45, 2.75) is 31.8 Å². The zero-order valence-electron chi connectivity index (χ0n) is 11.2. The van der Waals surface area contributed by atoms with E-state index in [2.05, 4.69) is 5.32 Å². The van der Waals surface area contributed by atoms with Gasteiger partial charge in [0.25, 0.3) is 0 Å². The Morgan fingerprint density at radius 3 is 2.62 bits per heavy atom. The van der Waals surface area contributed by atoms with Gasteiger partial charge in [0, 0.05) is 6.61 Å². The van der Waals surface area contributed by atoms with Crippen LogP contribution in [0, 0.1) is 0 Å². The van der Waals surface area contributed by atoms with Gasteiger partial charge in [0.1, 0.15) is 5.56 Å². The van der Waals surface area contributed by atoms with E-state index in [1.165, 1.54) is 12.1 Å². The Morgan fingerprint density at radius 1 is 1.29 bits per heavy atom. The lowest BCUT2D eigenvalue weighted by Gasteiger charge is -2.22. The highest BCUT2D eigenvalue weighted by atomic mass is 35.5. The van der Waals surface area contributed by atoms with E-state index < -0.39 is 5.97 Å². The molecule has 7 heteroatoms. The Morgan fingerprint density at radius 2 is 2.00 bits per heavy atom. The third-order valence-corrected chi connectivity index (χ3v) is 3.90. The number of anilines is 1. The molecule has 2 rings (SSSR count). The highest BCUT2D eigenvalue weighted by Gasteiger charge is 2.22. The number of carbonyl (C=O) groups excluding carboxylic acids is 1. The zero-order valence-corrected chi connectivity index (χ0v) is 12.7. The number of halogens is 2. The summed E-state index contributed by atoms with van der Waals surface area (Å²) in [6.07, 6.45) is 2.88. The van der Waals surface area contributed by atoms with Crippen LogP contribution in [0.5, 0.6) is 0 Å². The molecule has 0 radical (unpaired) electrons. The molecular formula is C14H15Cl2NO4. The summed E-state index contributed by atoms with van der Waals surface area (Å²) in [7, 11) is 0. The van der Waals surface area contributed by atoms with Gasteiger partial charge in [0.05, 0.1) is 28.3 Å². The molecule has 1 aliphatic rings. The summed E-state index contributed by atoms with van der Waals surface area (Å²) < 4.78 is 5.48. The number of rotatable bonds is 4. The van der Waals surface area contributed by atoms with Crippen molar-refractivity contribution in [2.24, 2.45) is 0 Å². The van der Waals surface area contributed by atoms with Crippen LogP contribution in [0.25, 0.3) is 0 Å². The second-order valence-corrected chi connectivity index (χ2v) is 5.64. The maximum Gasteiger partial charge on any atom is 0.339 e. The summed E-state index contributed by atoms with van der Waals surface area (Å²) in [5.41, 5.74) is -0.181. The van der Waals surface area contributed by atoms with Gasteiger partial charge in [-0.15, -0.1) is 0 Å². The van der Waals surface area contributed by atoms with Crippen LogP contribution in [-0.2, 0) is 9.53 Å². The van der Waals surface area contributed by atoms with E-state index in [9.17, 15) is 14.7 Å². The van der Waals surface area contributed by atoms with Crippen LogP contribution in [0.2, 0.25) is 10.0 Å². The average molecular weight is 332 g/mol. The fourth-order valence-corrected chi connectivity index (χ4v) is 2.69. The summed E-state index contributed by atoms with van der Waals surface area (Å²) >= 11 is 11.8. The zero-order chi connectivity index (χ0) is 15.4. The molecule has 0 bridgehead atoms. The van der Waals surface area contributed by atoms with Gasteiger partial charge in [-0.05, 0) is 31.4 Å². The highest BCUT2D eigenvalue weighted by Crippen LogP contribution is 2.32. The lowest BCUT2D eigenvalue weighted by molar-refractivity contribution is -0.119. The van der Waals surface area contributed by atoms with Gasteiger partial charge >= 0.3 is 5.97 Å². The molecule has 1 saturated heterocycles. The van der Waals surface area contributed by atoms with E-state index in [-0.39, 0.29) is 39.7 Å². The summed E-state index contributed by atoms with van der Waals surface area (Å²) in [5, 5.41) is 11.9. The van der Waals surface area contributed by atoms with Crippen LogP contribution in [0.3, 0.4) is 0 Å². The van der Waals surface area contributed by atoms with Crippen LogP contribution < -0.4 is 5.32 Å². The fourth-order valence-electron chi connectivity index (χ4n) is 2.25. The number of hydrogen-bond acceptors (Lipinski definition) is 3. The Kier molecular flexibility index (Phi) is 5.45. The van der Waals surface area contributed by atoms with Crippen LogP contribution >= 0.6 is 23.2 Å². The van der Waals surface area contributed by atoms with Crippen molar-refractivity contribution in [1.29, 1.82) is 0 Å². The highest BCUT2D eigenvalue weighted by molar-refractivity contribution is 6.38. The van der Waals surface area contributed by atoms with E-state index in [0.717, 1.165) is 19.3 Å². The van der Waals surface area contributed by atoms with Gasteiger partial charge in [0.2, 0.25) is 5.91 Å². The minimum atomic E-state index is -1.24. The first-order chi connectivity index (χ1) is 9.99. The molecule has 1 aromatic carbocycles. The topological polar surface area (TPSA) is 75.6 Å². The molecule has 0 spiro atoms. The van der Waals surface area contributed by atoms with Crippen molar-refractivity contribution in [3.05, 3.63) is 27.7 Å². The van der Waals surface area contributed by atoms with Crippen molar-refractivity contribution in [3.8, 4) is 0 Å². The van der Waals surface area contributed by atoms with Crippen molar-refractivity contribution in [3.63, 3.8) is 0 Å². The molecule has 1 atom stereocenters. The monoisotopic (exact) mass is 331 g/mol. The minimum absolute atomic E-state index is 0.0242. The van der Waals surface area contributed by atoms with E-state index >= 15 is 0 Å². The Labute approximate surface area is 132 Å². The molecule has 21 heavy (non-hydrogen) atoms. The third kappa shape index (κ3) is 4.09. The van der Waals surface area contributed by atoms with Crippen LogP contribution in [0.1, 0.15) is 36.0 Å². The predicted octanol–water partition coefficient (Wildman–Crippen LogP) is 3.59. The first-order valence-corrected chi connectivity index (χ1v) is 7.37. The maximum atomic E-state index is 12.0. The predicted molar refractivity (Wildman–Crippen MR) is 80.3 cm³/mol. The molecule has 1 heterocycles. The van der Waals surface area contributed by atoms with Gasteiger partial charge in [-0.2, -0.15) is 0 Å². The number of hydrogen-bond donors (Lipinski definition) is 2. The summed E-state index contributed by atoms with van der Waals surface area (Å²) in [4.78, 5) is 23.3. The lowest BCUT2D eigenvalue weighted by Crippen LogP contribution is -2.26. The van der Waals surface area contributed by atoms with Gasteiger partial charge in [-0.25, -0.2) is 4.79 Å². The van der Waals surface area contributed by atoms with Crippen molar-refractivity contribution in [2.75, 3.05) is 11.9 Å². The first-order valence-electron chi connectivity index (χ1n) is 6.61. The van der Waals surface area contributed by atoms with Gasteiger partial charge in [-0.1, -0.05) is 23.2 Å². The smallest absolute Gasteiger partial charge is 0.339 e. The van der Waals surface area contributed by atoms with E-state index in [0.29, 0.717) is 6.61 Å². The second kappa shape index (κ2) is 7.11. The molecule has 5 nitrogen and oxygen atoms in total. The van der Waals surface area contributed by atoms with Gasteiger partial charge in [0.15, 0.2) is 0 Å². The molecule has 1 amide bonds. The Hall–Kier alpha value is -1.30. The van der Waals surface area contributed by atoms with Crippen molar-refractivity contribution in [1.82, 2.24) is 0 Å². The minimum Gasteiger partial charge on any atom is -0.478 e. The quantitative estimate of drug-likeness (QED) is 0.883. The SMILES string of the molecule is O=C(CC1CCCCO1)Nc1c(Cl)ccc(Cl)c1C(=O)O. The van der Waals surface area contributed by atoms with Crippen molar-refractivity contribution >= 4 is 40.8 Å². The molecule has 1 aromatic rings. The molecule has 0 saturated carbocycles. The molecule has 1 unspecified atom stereocenters. The number of nitrogens with one attached hydrogen (secondary N) is 1. The van der Waals surface area contributed by atoms with E-state index in [4.69, 9.17) is 27.9 Å². The van der Waals surface area contributed by atoms with Crippen LogP contribution in [-0.4, -0.2) is 29.7 Å². The van der Waals surface area contributed by atoms with Crippen molar-refractivity contribution < 1.29 is 19.4 Å². The first kappa shape index (κ1) is 16.1. The Bertz CT molecular complexity index is 556. The molecule has 1 aliphatic heterocycles. The fraction of sp³-hybridized carbons (Fsp3) is 0.429. The molecule has 2 N–H and O–H groups in total. The molecule has 114 valence electrons. The number of carboxylic acids is 1. The van der Waals surface area contributed by atoms with Gasteiger partial charge < -0.3 is 15.2 Å². The number of carbonyl (C=O) groups is 2. The third-order valence-electron chi connectivity index (χ3n) is 3.27. The van der Waals surface area contributed by atoms with Gasteiger partial charge in [-0.3, -0.25) is 4.79 Å². The maximum absolute atomic E-state index is 12.0. The summed E-state index contributed by atoms with van der Waals surface area (Å²) in [6.45, 7) is 0.649. The molecule has 1 fully saturated rings. The van der Waals surface area contributed by atoms with Crippen LogP contribution in [0.4, 0.5) is 5.69 Å². The second-order valence-electron chi connectivity index (χ2n) is 4.83. The van der Waals surface area contributed by atoms with Crippen LogP contribution in [0.15, 0.2) is 12.1 Å². The Balaban J connectivity index is 2.13. The number of carboxylic acid groups (broad SMARTS) is 1. The molecular weight excluding hydrogens is 317 g/mol. The summed E-state index contributed by atoms with van der Waals surface area (Å²) in [5.74, 6) is -1.58. The lowest BCUT2D eigenvalue weighted by atomic mass is 10.1. The number of ether oxygens (including phenoxy) is 1. The number of amides is 1. The van der Waals surface area contributed by atoms with E-state index in [1.54, 1.807) is 0 Å². The summed E-state index contributed by atoms with van der Waals surface area (Å²) in [6, 6.07) is 2.83. The molecule has 0 aliphatic carbocycles. The average Bonchev–Trinajstić information content (AvgIpc) is 2.43. The number of aromatic carboxylic acids is 1. The largest absolute Gasteiger partial charge is 0.478 e.